The molecule has 0 saturated heterocycles. The largest absolute Gasteiger partial charge is 0.507 e. The second-order valence-electron chi connectivity index (χ2n) is 4.51. The van der Waals surface area contributed by atoms with Gasteiger partial charge in [0, 0.05) is 5.02 Å². The van der Waals surface area contributed by atoms with Gasteiger partial charge in [0.25, 0.3) is 5.91 Å². The number of esters is 1. The van der Waals surface area contributed by atoms with Crippen LogP contribution in [0.25, 0.3) is 0 Å². The summed E-state index contributed by atoms with van der Waals surface area (Å²) in [6, 6.07) is 5.07. The van der Waals surface area contributed by atoms with E-state index in [0.717, 1.165) is 12.1 Å². The number of aromatic hydroxyl groups is 1. The first-order valence-corrected chi connectivity index (χ1v) is 6.76. The molecule has 9 heteroatoms. The number of benzene rings is 2. The Bertz CT molecular complexity index is 814. The van der Waals surface area contributed by atoms with Gasteiger partial charge in [0.05, 0.1) is 5.69 Å². The van der Waals surface area contributed by atoms with Crippen molar-refractivity contribution in [2.45, 2.75) is 0 Å². The molecule has 2 aromatic rings. The number of hydrogen-bond donors (Lipinski definition) is 2. The van der Waals surface area contributed by atoms with E-state index in [2.05, 4.69) is 4.74 Å². The summed E-state index contributed by atoms with van der Waals surface area (Å²) in [7, 11) is 0. The number of anilines is 1. The quantitative estimate of drug-likeness (QED) is 0.649. The van der Waals surface area contributed by atoms with Gasteiger partial charge in [-0.3, -0.25) is 4.79 Å². The number of halogens is 4. The Morgan fingerprint density at radius 1 is 1.12 bits per heavy atom. The van der Waals surface area contributed by atoms with Crippen LogP contribution in [0.2, 0.25) is 5.02 Å². The first kappa shape index (κ1) is 17.6. The first-order valence-electron chi connectivity index (χ1n) is 6.38. The fourth-order valence-electron chi connectivity index (χ4n) is 1.69. The molecule has 2 rings (SSSR count). The van der Waals surface area contributed by atoms with Crippen LogP contribution in [0.5, 0.6) is 5.75 Å². The van der Waals surface area contributed by atoms with Crippen molar-refractivity contribution in [1.29, 1.82) is 0 Å². The molecule has 2 aromatic carbocycles. The van der Waals surface area contributed by atoms with Gasteiger partial charge in [-0.25, -0.2) is 18.0 Å². The van der Waals surface area contributed by atoms with E-state index in [1.54, 1.807) is 0 Å². The number of carbonyl (C=O) groups is 2. The number of amides is 1. The van der Waals surface area contributed by atoms with Crippen molar-refractivity contribution in [3.63, 3.8) is 0 Å². The number of rotatable bonds is 4. The zero-order valence-electron chi connectivity index (χ0n) is 11.8. The number of phenolic OH excluding ortho intramolecular Hbond substituents is 1. The van der Waals surface area contributed by atoms with Crippen LogP contribution in [0, 0.1) is 17.5 Å². The summed E-state index contributed by atoms with van der Waals surface area (Å²) in [6.07, 6.45) is 0. The molecular formula is C15H9ClF3NO4. The standard InChI is InChI=1S/C15H9ClF3NO4/c16-7-1-2-8(11(21)5-7)15(23)24-6-12(22)20-10-4-3-9(17)13(18)14(10)19/h1-5,21H,6H2,(H,20,22). The smallest absolute Gasteiger partial charge is 0.342 e. The monoisotopic (exact) mass is 359 g/mol. The van der Waals surface area contributed by atoms with Gasteiger partial charge in [-0.1, -0.05) is 11.6 Å². The lowest BCUT2D eigenvalue weighted by molar-refractivity contribution is -0.119. The van der Waals surface area contributed by atoms with Crippen molar-refractivity contribution in [2.24, 2.45) is 0 Å². The highest BCUT2D eigenvalue weighted by Gasteiger charge is 2.17. The minimum atomic E-state index is -1.74. The second-order valence-corrected chi connectivity index (χ2v) is 4.95. The maximum atomic E-state index is 13.4. The highest BCUT2D eigenvalue weighted by atomic mass is 35.5. The van der Waals surface area contributed by atoms with E-state index in [9.17, 15) is 27.9 Å². The van der Waals surface area contributed by atoms with Crippen molar-refractivity contribution in [3.8, 4) is 5.75 Å². The Morgan fingerprint density at radius 2 is 1.83 bits per heavy atom. The zero-order chi connectivity index (χ0) is 17.9. The fourth-order valence-corrected chi connectivity index (χ4v) is 1.86. The first-order chi connectivity index (χ1) is 11.3. The average Bonchev–Trinajstić information content (AvgIpc) is 2.53. The highest BCUT2D eigenvalue weighted by molar-refractivity contribution is 6.30. The molecule has 0 bridgehead atoms. The van der Waals surface area contributed by atoms with Gasteiger partial charge in [-0.15, -0.1) is 0 Å². The Balaban J connectivity index is 1.98. The predicted octanol–water partition coefficient (Wildman–Crippen LogP) is 3.26. The Kier molecular flexibility index (Phi) is 5.30. The molecule has 0 aromatic heterocycles. The van der Waals surface area contributed by atoms with Crippen molar-refractivity contribution < 1.29 is 32.6 Å². The minimum Gasteiger partial charge on any atom is -0.507 e. The average molecular weight is 360 g/mol. The van der Waals surface area contributed by atoms with E-state index in [4.69, 9.17) is 11.6 Å². The van der Waals surface area contributed by atoms with Crippen LogP contribution in [0.3, 0.4) is 0 Å². The Morgan fingerprint density at radius 3 is 2.50 bits per heavy atom. The molecule has 0 spiro atoms. The van der Waals surface area contributed by atoms with E-state index in [1.165, 1.54) is 12.1 Å². The van der Waals surface area contributed by atoms with Crippen LogP contribution >= 0.6 is 11.6 Å². The summed E-state index contributed by atoms with van der Waals surface area (Å²) in [5.41, 5.74) is -0.838. The molecule has 0 atom stereocenters. The van der Waals surface area contributed by atoms with Gasteiger partial charge in [0.1, 0.15) is 11.3 Å². The maximum absolute atomic E-state index is 13.4. The van der Waals surface area contributed by atoms with E-state index in [1.807, 2.05) is 5.32 Å². The molecule has 0 aliphatic rings. The van der Waals surface area contributed by atoms with E-state index in [0.29, 0.717) is 6.07 Å². The SMILES string of the molecule is O=C(COC(=O)c1ccc(Cl)cc1O)Nc1ccc(F)c(F)c1F. The molecule has 2 N–H and O–H groups in total. The molecule has 0 fully saturated rings. The number of ether oxygens (including phenoxy) is 1. The summed E-state index contributed by atoms with van der Waals surface area (Å²) in [6.45, 7) is -0.834. The molecule has 126 valence electrons. The lowest BCUT2D eigenvalue weighted by Crippen LogP contribution is -2.21. The molecule has 24 heavy (non-hydrogen) atoms. The number of carbonyl (C=O) groups excluding carboxylic acids is 2. The fraction of sp³-hybridized carbons (Fsp3) is 0.0667. The second kappa shape index (κ2) is 7.22. The number of hydrogen-bond acceptors (Lipinski definition) is 4. The van der Waals surface area contributed by atoms with Crippen LogP contribution in [0.4, 0.5) is 18.9 Å². The minimum absolute atomic E-state index is 0.190. The van der Waals surface area contributed by atoms with Crippen LogP contribution in [-0.4, -0.2) is 23.6 Å². The zero-order valence-corrected chi connectivity index (χ0v) is 12.5. The van der Waals surface area contributed by atoms with E-state index < -0.39 is 47.4 Å². The Hall–Kier alpha value is -2.74. The molecular weight excluding hydrogens is 351 g/mol. The third-order valence-corrected chi connectivity index (χ3v) is 3.06. The molecule has 0 radical (unpaired) electrons. The lowest BCUT2D eigenvalue weighted by Gasteiger charge is -2.09. The van der Waals surface area contributed by atoms with E-state index >= 15 is 0 Å². The normalized spacial score (nSPS) is 10.3. The van der Waals surface area contributed by atoms with Gasteiger partial charge in [-0.05, 0) is 30.3 Å². The van der Waals surface area contributed by atoms with Crippen LogP contribution in [0.15, 0.2) is 30.3 Å². The third-order valence-electron chi connectivity index (χ3n) is 2.82. The predicted molar refractivity (Wildman–Crippen MR) is 78.3 cm³/mol. The van der Waals surface area contributed by atoms with Crippen molar-refractivity contribution in [1.82, 2.24) is 0 Å². The van der Waals surface area contributed by atoms with Crippen LogP contribution < -0.4 is 5.32 Å². The van der Waals surface area contributed by atoms with Gasteiger partial charge in [0.2, 0.25) is 0 Å². The lowest BCUT2D eigenvalue weighted by atomic mass is 10.2. The summed E-state index contributed by atoms with van der Waals surface area (Å²) >= 11 is 5.61. The Labute approximate surface area is 138 Å². The molecule has 0 unspecified atom stereocenters. The van der Waals surface area contributed by atoms with Gasteiger partial charge < -0.3 is 15.2 Å². The number of phenols is 1. The van der Waals surface area contributed by atoms with Crippen molar-refractivity contribution in [2.75, 3.05) is 11.9 Å². The summed E-state index contributed by atoms with van der Waals surface area (Å²) in [5, 5.41) is 11.7. The van der Waals surface area contributed by atoms with Crippen LogP contribution in [0.1, 0.15) is 10.4 Å². The molecule has 1 amide bonds. The van der Waals surface area contributed by atoms with Crippen molar-refractivity contribution >= 4 is 29.2 Å². The number of nitrogens with one attached hydrogen (secondary N) is 1. The molecule has 0 aliphatic heterocycles. The molecule has 0 aliphatic carbocycles. The molecule has 0 heterocycles. The molecule has 5 nitrogen and oxygen atoms in total. The van der Waals surface area contributed by atoms with Gasteiger partial charge in [0.15, 0.2) is 24.1 Å². The van der Waals surface area contributed by atoms with Crippen molar-refractivity contribution in [3.05, 3.63) is 58.4 Å². The highest BCUT2D eigenvalue weighted by Crippen LogP contribution is 2.23. The third kappa shape index (κ3) is 3.96. The molecule has 0 saturated carbocycles. The maximum Gasteiger partial charge on any atom is 0.342 e. The van der Waals surface area contributed by atoms with Crippen LogP contribution in [-0.2, 0) is 9.53 Å². The van der Waals surface area contributed by atoms with E-state index in [-0.39, 0.29) is 10.6 Å². The summed E-state index contributed by atoms with van der Waals surface area (Å²) in [4.78, 5) is 23.3. The summed E-state index contributed by atoms with van der Waals surface area (Å²) < 4.78 is 43.8. The van der Waals surface area contributed by atoms with Gasteiger partial charge in [-0.2, -0.15) is 0 Å². The summed E-state index contributed by atoms with van der Waals surface area (Å²) in [5.74, 6) is -7.18. The topological polar surface area (TPSA) is 75.6 Å². The van der Waals surface area contributed by atoms with Gasteiger partial charge >= 0.3 is 5.97 Å².